The van der Waals surface area contributed by atoms with E-state index in [4.69, 9.17) is 10.3 Å². The van der Waals surface area contributed by atoms with Crippen molar-refractivity contribution >= 4 is 15.9 Å². The van der Waals surface area contributed by atoms with Crippen LogP contribution in [-0.4, -0.2) is 11.7 Å². The van der Waals surface area contributed by atoms with Crippen LogP contribution in [0.4, 0.5) is 0 Å². The van der Waals surface area contributed by atoms with Crippen LogP contribution in [0.15, 0.2) is 39.5 Å². The minimum Gasteiger partial charge on any atom is -0.364 e. The number of hydrogen-bond acceptors (Lipinski definition) is 3. The number of benzene rings is 1. The summed E-state index contributed by atoms with van der Waals surface area (Å²) in [4.78, 5) is 0. The highest BCUT2D eigenvalue weighted by Crippen LogP contribution is 2.23. The average Bonchev–Trinajstić information content (AvgIpc) is 2.68. The smallest absolute Gasteiger partial charge is 0.127 e. The second-order valence-corrected chi connectivity index (χ2v) is 4.15. The van der Waals surface area contributed by atoms with Gasteiger partial charge in [-0.2, -0.15) is 0 Å². The molecule has 0 saturated carbocycles. The van der Waals surface area contributed by atoms with Crippen LogP contribution in [-0.2, 0) is 6.42 Å². The van der Waals surface area contributed by atoms with Crippen molar-refractivity contribution in [1.82, 2.24) is 5.16 Å². The van der Waals surface area contributed by atoms with Gasteiger partial charge in [-0.3, -0.25) is 0 Å². The Labute approximate surface area is 96.4 Å². The first-order chi connectivity index (χ1) is 7.31. The Morgan fingerprint density at radius 3 is 2.67 bits per heavy atom. The molecule has 2 aromatic rings. The summed E-state index contributed by atoms with van der Waals surface area (Å²) in [6, 6.07) is 7.97. The highest BCUT2D eigenvalue weighted by Gasteiger charge is 2.08. The van der Waals surface area contributed by atoms with Crippen molar-refractivity contribution < 1.29 is 4.52 Å². The van der Waals surface area contributed by atoms with E-state index in [9.17, 15) is 0 Å². The van der Waals surface area contributed by atoms with Crippen molar-refractivity contribution in [3.8, 4) is 11.3 Å². The molecule has 0 saturated heterocycles. The summed E-state index contributed by atoms with van der Waals surface area (Å²) in [5.41, 5.74) is 8.50. The molecule has 0 fully saturated rings. The Morgan fingerprint density at radius 2 is 2.00 bits per heavy atom. The van der Waals surface area contributed by atoms with Gasteiger partial charge in [0, 0.05) is 15.6 Å². The summed E-state index contributed by atoms with van der Waals surface area (Å²) < 4.78 is 6.02. The van der Waals surface area contributed by atoms with Crippen LogP contribution in [0.25, 0.3) is 11.3 Å². The van der Waals surface area contributed by atoms with E-state index in [1.54, 1.807) is 6.26 Å². The molecule has 0 radical (unpaired) electrons. The van der Waals surface area contributed by atoms with Crippen molar-refractivity contribution in [2.75, 3.05) is 6.54 Å². The lowest BCUT2D eigenvalue weighted by molar-refractivity contribution is 0.421. The van der Waals surface area contributed by atoms with Gasteiger partial charge in [0.25, 0.3) is 0 Å². The minimum atomic E-state index is 0.602. The first-order valence-electron chi connectivity index (χ1n) is 4.70. The zero-order valence-electron chi connectivity index (χ0n) is 8.11. The highest BCUT2D eigenvalue weighted by atomic mass is 79.9. The molecule has 0 aliphatic heterocycles. The molecule has 0 amide bonds. The first-order valence-corrected chi connectivity index (χ1v) is 5.50. The third-order valence-corrected chi connectivity index (χ3v) is 2.70. The standard InChI is InChI=1S/C11H11BrN2O/c12-10-3-1-8(2-4-10)11-9(5-6-13)7-15-14-11/h1-4,7H,5-6,13H2. The summed E-state index contributed by atoms with van der Waals surface area (Å²) in [5.74, 6) is 0. The molecule has 0 spiro atoms. The van der Waals surface area contributed by atoms with Gasteiger partial charge in [0.05, 0.1) is 0 Å². The molecule has 0 atom stereocenters. The molecule has 0 aliphatic rings. The summed E-state index contributed by atoms with van der Waals surface area (Å²) >= 11 is 3.39. The van der Waals surface area contributed by atoms with E-state index in [1.807, 2.05) is 24.3 Å². The SMILES string of the molecule is NCCc1conc1-c1ccc(Br)cc1. The summed E-state index contributed by atoms with van der Waals surface area (Å²) in [7, 11) is 0. The molecule has 2 N–H and O–H groups in total. The molecule has 3 nitrogen and oxygen atoms in total. The summed E-state index contributed by atoms with van der Waals surface area (Å²) in [6.45, 7) is 0.602. The van der Waals surface area contributed by atoms with Crippen molar-refractivity contribution in [2.24, 2.45) is 5.73 Å². The predicted octanol–water partition coefficient (Wildman–Crippen LogP) is 2.61. The third kappa shape index (κ3) is 2.27. The lowest BCUT2D eigenvalue weighted by atomic mass is 10.1. The number of halogens is 1. The number of rotatable bonds is 3. The zero-order valence-corrected chi connectivity index (χ0v) is 9.70. The van der Waals surface area contributed by atoms with E-state index < -0.39 is 0 Å². The van der Waals surface area contributed by atoms with Crippen molar-refractivity contribution in [3.63, 3.8) is 0 Å². The lowest BCUT2D eigenvalue weighted by Crippen LogP contribution is -2.02. The molecule has 0 bridgehead atoms. The monoisotopic (exact) mass is 266 g/mol. The van der Waals surface area contributed by atoms with Gasteiger partial charge >= 0.3 is 0 Å². The highest BCUT2D eigenvalue weighted by molar-refractivity contribution is 9.10. The molecule has 0 unspecified atom stereocenters. The average molecular weight is 267 g/mol. The van der Waals surface area contributed by atoms with Crippen LogP contribution in [0.1, 0.15) is 5.56 Å². The van der Waals surface area contributed by atoms with Gasteiger partial charge in [-0.25, -0.2) is 0 Å². The van der Waals surface area contributed by atoms with E-state index in [2.05, 4.69) is 21.1 Å². The van der Waals surface area contributed by atoms with Crippen LogP contribution < -0.4 is 5.73 Å². The summed E-state index contributed by atoms with van der Waals surface area (Å²) in [5, 5.41) is 3.99. The van der Waals surface area contributed by atoms with E-state index in [0.717, 1.165) is 27.7 Å². The quantitative estimate of drug-likeness (QED) is 0.929. The second kappa shape index (κ2) is 4.59. The van der Waals surface area contributed by atoms with Crippen LogP contribution in [0, 0.1) is 0 Å². The third-order valence-electron chi connectivity index (χ3n) is 2.17. The molecule has 0 aliphatic carbocycles. The van der Waals surface area contributed by atoms with Gasteiger partial charge in [-0.15, -0.1) is 0 Å². The van der Waals surface area contributed by atoms with E-state index in [0.29, 0.717) is 6.54 Å². The Morgan fingerprint density at radius 1 is 1.27 bits per heavy atom. The van der Waals surface area contributed by atoms with Crippen LogP contribution in [0.2, 0.25) is 0 Å². The van der Waals surface area contributed by atoms with Crippen LogP contribution >= 0.6 is 15.9 Å². The number of nitrogens with zero attached hydrogens (tertiary/aromatic N) is 1. The molecule has 2 rings (SSSR count). The Hall–Kier alpha value is -1.13. The van der Waals surface area contributed by atoms with Crippen molar-refractivity contribution in [2.45, 2.75) is 6.42 Å². The maximum absolute atomic E-state index is 5.51. The molecule has 78 valence electrons. The van der Waals surface area contributed by atoms with Gasteiger partial charge < -0.3 is 10.3 Å². The van der Waals surface area contributed by atoms with Crippen molar-refractivity contribution in [1.29, 1.82) is 0 Å². The number of nitrogens with two attached hydrogens (primary N) is 1. The fourth-order valence-electron chi connectivity index (χ4n) is 1.44. The Kier molecular flexibility index (Phi) is 3.18. The first kappa shape index (κ1) is 10.4. The molecule has 1 heterocycles. The largest absolute Gasteiger partial charge is 0.364 e. The second-order valence-electron chi connectivity index (χ2n) is 3.23. The summed E-state index contributed by atoms with van der Waals surface area (Å²) in [6.07, 6.45) is 2.44. The van der Waals surface area contributed by atoms with Gasteiger partial charge in [-0.05, 0) is 25.1 Å². The predicted molar refractivity (Wildman–Crippen MR) is 62.4 cm³/mol. The van der Waals surface area contributed by atoms with E-state index >= 15 is 0 Å². The number of aromatic nitrogens is 1. The molecule has 1 aromatic heterocycles. The molecule has 1 aromatic carbocycles. The fraction of sp³-hybridized carbons (Fsp3) is 0.182. The van der Waals surface area contributed by atoms with Gasteiger partial charge in [0.1, 0.15) is 12.0 Å². The Bertz CT molecular complexity index is 436. The zero-order chi connectivity index (χ0) is 10.7. The fourth-order valence-corrected chi connectivity index (χ4v) is 1.70. The topological polar surface area (TPSA) is 52.0 Å². The Balaban J connectivity index is 2.36. The number of hydrogen-bond donors (Lipinski definition) is 1. The minimum absolute atomic E-state index is 0.602. The molecule has 4 heteroatoms. The van der Waals surface area contributed by atoms with Gasteiger partial charge in [-0.1, -0.05) is 33.2 Å². The normalized spacial score (nSPS) is 10.5. The molecular formula is C11H11BrN2O. The lowest BCUT2D eigenvalue weighted by Gasteiger charge is -1.99. The van der Waals surface area contributed by atoms with Gasteiger partial charge in [0.2, 0.25) is 0 Å². The maximum atomic E-state index is 5.51. The molecular weight excluding hydrogens is 256 g/mol. The van der Waals surface area contributed by atoms with E-state index in [-0.39, 0.29) is 0 Å². The van der Waals surface area contributed by atoms with E-state index in [1.165, 1.54) is 0 Å². The maximum Gasteiger partial charge on any atom is 0.127 e. The van der Waals surface area contributed by atoms with Crippen LogP contribution in [0.5, 0.6) is 0 Å². The van der Waals surface area contributed by atoms with Crippen LogP contribution in [0.3, 0.4) is 0 Å². The molecule has 15 heavy (non-hydrogen) atoms. The van der Waals surface area contributed by atoms with Crippen molar-refractivity contribution in [3.05, 3.63) is 40.6 Å². The van der Waals surface area contributed by atoms with Gasteiger partial charge in [0.15, 0.2) is 0 Å².